The zero-order valence-corrected chi connectivity index (χ0v) is 10.5. The Morgan fingerprint density at radius 2 is 2.06 bits per heavy atom. The van der Waals surface area contributed by atoms with Gasteiger partial charge in [-0.25, -0.2) is 4.39 Å². The fourth-order valence-electron chi connectivity index (χ4n) is 2.13. The molecule has 1 aliphatic rings. The van der Waals surface area contributed by atoms with E-state index in [-0.39, 0.29) is 11.5 Å². The molecule has 0 radical (unpaired) electrons. The maximum Gasteiger partial charge on any atom is 0.256 e. The van der Waals surface area contributed by atoms with Crippen LogP contribution in [0.15, 0.2) is 18.2 Å². The Balaban J connectivity index is 2.17. The van der Waals surface area contributed by atoms with Gasteiger partial charge in [-0.05, 0) is 38.2 Å². The number of halogens is 1. The van der Waals surface area contributed by atoms with Gasteiger partial charge in [0, 0.05) is 25.3 Å². The first-order valence-corrected chi connectivity index (χ1v) is 6.11. The third-order valence-electron chi connectivity index (χ3n) is 3.25. The summed E-state index contributed by atoms with van der Waals surface area (Å²) in [7, 11) is 2.03. The molecule has 98 valence electrons. The van der Waals surface area contributed by atoms with E-state index in [1.807, 2.05) is 7.05 Å². The third-order valence-corrected chi connectivity index (χ3v) is 3.25. The molecule has 0 unspecified atom stereocenters. The molecule has 2 N–H and O–H groups in total. The highest BCUT2D eigenvalue weighted by Gasteiger charge is 2.20. The van der Waals surface area contributed by atoms with E-state index >= 15 is 0 Å². The number of rotatable bonds is 1. The summed E-state index contributed by atoms with van der Waals surface area (Å²) in [6.07, 6.45) is 0.928. The lowest BCUT2D eigenvalue weighted by molar-refractivity contribution is 0.0763. The van der Waals surface area contributed by atoms with Gasteiger partial charge in [0.1, 0.15) is 5.82 Å². The Morgan fingerprint density at radius 3 is 2.83 bits per heavy atom. The number of amides is 1. The van der Waals surface area contributed by atoms with Crippen molar-refractivity contribution in [1.82, 2.24) is 9.80 Å². The van der Waals surface area contributed by atoms with Crippen LogP contribution in [0.5, 0.6) is 0 Å². The maximum absolute atomic E-state index is 13.2. The molecule has 1 heterocycles. The van der Waals surface area contributed by atoms with Crippen LogP contribution in [0.4, 0.5) is 10.1 Å². The summed E-state index contributed by atoms with van der Waals surface area (Å²) in [5.74, 6) is -0.609. The molecule has 0 aromatic heterocycles. The minimum absolute atomic E-state index is 0.178. The Hall–Kier alpha value is -1.62. The predicted octanol–water partition coefficient (Wildman–Crippen LogP) is 1.19. The van der Waals surface area contributed by atoms with E-state index in [2.05, 4.69) is 4.90 Å². The Bertz CT molecular complexity index is 450. The number of carbonyl (C=O) groups excluding carboxylic acids is 1. The molecular formula is C13H18FN3O. The number of nitrogens with zero attached hydrogens (tertiary/aromatic N) is 2. The standard InChI is InChI=1S/C13H18FN3O/c1-16-5-2-6-17(8-7-16)13(18)11-9-10(14)3-4-12(11)15/h3-4,9H,2,5-8,15H2,1H3. The van der Waals surface area contributed by atoms with Gasteiger partial charge in [-0.3, -0.25) is 4.79 Å². The van der Waals surface area contributed by atoms with Crippen LogP contribution in [0.25, 0.3) is 0 Å². The number of likely N-dealkylation sites (N-methyl/N-ethyl adjacent to an activating group) is 1. The summed E-state index contributed by atoms with van der Waals surface area (Å²) in [6, 6.07) is 3.92. The SMILES string of the molecule is CN1CCCN(C(=O)c2cc(F)ccc2N)CC1. The maximum atomic E-state index is 13.2. The smallest absolute Gasteiger partial charge is 0.256 e. The van der Waals surface area contributed by atoms with Crippen LogP contribution in [-0.2, 0) is 0 Å². The monoisotopic (exact) mass is 251 g/mol. The van der Waals surface area contributed by atoms with Crippen molar-refractivity contribution in [1.29, 1.82) is 0 Å². The van der Waals surface area contributed by atoms with Crippen LogP contribution >= 0.6 is 0 Å². The zero-order chi connectivity index (χ0) is 13.1. The molecule has 1 fully saturated rings. The highest BCUT2D eigenvalue weighted by Crippen LogP contribution is 2.16. The lowest BCUT2D eigenvalue weighted by atomic mass is 10.1. The molecule has 0 atom stereocenters. The van der Waals surface area contributed by atoms with Crippen molar-refractivity contribution in [3.63, 3.8) is 0 Å². The number of benzene rings is 1. The molecule has 1 aromatic carbocycles. The van der Waals surface area contributed by atoms with Gasteiger partial charge >= 0.3 is 0 Å². The zero-order valence-electron chi connectivity index (χ0n) is 10.5. The van der Waals surface area contributed by atoms with Gasteiger partial charge in [-0.2, -0.15) is 0 Å². The van der Waals surface area contributed by atoms with E-state index in [1.54, 1.807) is 4.90 Å². The lowest BCUT2D eigenvalue weighted by Crippen LogP contribution is -2.34. The van der Waals surface area contributed by atoms with Crippen molar-refractivity contribution in [2.75, 3.05) is 39.0 Å². The van der Waals surface area contributed by atoms with Gasteiger partial charge in [0.15, 0.2) is 0 Å². The molecule has 18 heavy (non-hydrogen) atoms. The van der Waals surface area contributed by atoms with E-state index in [0.29, 0.717) is 18.8 Å². The summed E-state index contributed by atoms with van der Waals surface area (Å²) in [6.45, 7) is 3.16. The highest BCUT2D eigenvalue weighted by atomic mass is 19.1. The Kier molecular flexibility index (Phi) is 3.81. The van der Waals surface area contributed by atoms with Gasteiger partial charge in [-0.1, -0.05) is 0 Å². The average Bonchev–Trinajstić information content (AvgIpc) is 2.56. The van der Waals surface area contributed by atoms with Crippen molar-refractivity contribution in [2.45, 2.75) is 6.42 Å². The van der Waals surface area contributed by atoms with Crippen LogP contribution in [0.1, 0.15) is 16.8 Å². The van der Waals surface area contributed by atoms with Crippen LogP contribution in [0.3, 0.4) is 0 Å². The first kappa shape index (κ1) is 12.8. The van der Waals surface area contributed by atoms with E-state index in [1.165, 1.54) is 18.2 Å². The number of nitrogens with two attached hydrogens (primary N) is 1. The number of carbonyl (C=O) groups is 1. The first-order valence-electron chi connectivity index (χ1n) is 6.11. The first-order chi connectivity index (χ1) is 8.58. The minimum atomic E-state index is -0.431. The van der Waals surface area contributed by atoms with Crippen LogP contribution in [0.2, 0.25) is 0 Å². The van der Waals surface area contributed by atoms with Gasteiger partial charge in [0.25, 0.3) is 5.91 Å². The molecule has 0 saturated carbocycles. The fraction of sp³-hybridized carbons (Fsp3) is 0.462. The van der Waals surface area contributed by atoms with E-state index in [0.717, 1.165) is 19.5 Å². The summed E-state index contributed by atoms with van der Waals surface area (Å²) < 4.78 is 13.2. The van der Waals surface area contributed by atoms with E-state index in [9.17, 15) is 9.18 Å². The second-order valence-electron chi connectivity index (χ2n) is 4.68. The number of nitrogen functional groups attached to an aromatic ring is 1. The molecule has 1 aromatic rings. The Labute approximate surface area is 106 Å². The molecule has 1 aliphatic heterocycles. The molecule has 1 saturated heterocycles. The van der Waals surface area contributed by atoms with Crippen LogP contribution in [-0.4, -0.2) is 48.9 Å². The molecule has 2 rings (SSSR count). The molecule has 4 nitrogen and oxygen atoms in total. The average molecular weight is 251 g/mol. The van der Waals surface area contributed by atoms with Crippen molar-refractivity contribution >= 4 is 11.6 Å². The molecule has 0 aliphatic carbocycles. The van der Waals surface area contributed by atoms with Gasteiger partial charge in [0.2, 0.25) is 0 Å². The van der Waals surface area contributed by atoms with Crippen molar-refractivity contribution in [3.05, 3.63) is 29.6 Å². The fourth-order valence-corrected chi connectivity index (χ4v) is 2.13. The normalized spacial score (nSPS) is 17.6. The van der Waals surface area contributed by atoms with Gasteiger partial charge in [-0.15, -0.1) is 0 Å². The number of hydrogen-bond acceptors (Lipinski definition) is 3. The quantitative estimate of drug-likeness (QED) is 0.763. The van der Waals surface area contributed by atoms with Crippen molar-refractivity contribution in [2.24, 2.45) is 0 Å². The third kappa shape index (κ3) is 2.79. The largest absolute Gasteiger partial charge is 0.398 e. The Morgan fingerprint density at radius 1 is 1.28 bits per heavy atom. The predicted molar refractivity (Wildman–Crippen MR) is 68.8 cm³/mol. The second kappa shape index (κ2) is 5.35. The van der Waals surface area contributed by atoms with Gasteiger partial charge < -0.3 is 15.5 Å². The van der Waals surface area contributed by atoms with Gasteiger partial charge in [0.05, 0.1) is 5.56 Å². The number of anilines is 1. The van der Waals surface area contributed by atoms with Crippen molar-refractivity contribution in [3.8, 4) is 0 Å². The summed E-state index contributed by atoms with van der Waals surface area (Å²) >= 11 is 0. The van der Waals surface area contributed by atoms with Crippen LogP contribution < -0.4 is 5.73 Å². The molecule has 0 spiro atoms. The molecule has 0 bridgehead atoms. The topological polar surface area (TPSA) is 49.6 Å². The summed E-state index contributed by atoms with van der Waals surface area (Å²) in [5, 5.41) is 0. The molecule has 5 heteroatoms. The summed E-state index contributed by atoms with van der Waals surface area (Å²) in [4.78, 5) is 16.2. The summed E-state index contributed by atoms with van der Waals surface area (Å²) in [5.41, 5.74) is 6.33. The molecule has 1 amide bonds. The second-order valence-corrected chi connectivity index (χ2v) is 4.68. The lowest BCUT2D eigenvalue weighted by Gasteiger charge is -2.21. The minimum Gasteiger partial charge on any atom is -0.398 e. The number of hydrogen-bond donors (Lipinski definition) is 1. The molecular weight excluding hydrogens is 233 g/mol. The van der Waals surface area contributed by atoms with Crippen molar-refractivity contribution < 1.29 is 9.18 Å². The van der Waals surface area contributed by atoms with Crippen LogP contribution in [0, 0.1) is 5.82 Å². The highest BCUT2D eigenvalue weighted by molar-refractivity contribution is 5.99. The van der Waals surface area contributed by atoms with E-state index in [4.69, 9.17) is 5.73 Å². The van der Waals surface area contributed by atoms with E-state index < -0.39 is 5.82 Å².